The van der Waals surface area contributed by atoms with Crippen molar-refractivity contribution in [2.24, 2.45) is 0 Å². The third-order valence-electron chi connectivity index (χ3n) is 1.67. The van der Waals surface area contributed by atoms with E-state index >= 15 is 0 Å². The molecule has 1 unspecified atom stereocenters. The van der Waals surface area contributed by atoms with Crippen LogP contribution in [0.2, 0.25) is 0 Å². The van der Waals surface area contributed by atoms with Gasteiger partial charge in [0.15, 0.2) is 0 Å². The van der Waals surface area contributed by atoms with Crippen LogP contribution in [0.1, 0.15) is 13.3 Å². The van der Waals surface area contributed by atoms with Crippen LogP contribution in [0.15, 0.2) is 0 Å². The van der Waals surface area contributed by atoms with Gasteiger partial charge in [-0.3, -0.25) is 0 Å². The Balaban J connectivity index is 2.41. The van der Waals surface area contributed by atoms with Crippen LogP contribution >= 0.6 is 0 Å². The number of ether oxygens (including phenoxy) is 1. The zero-order valence-corrected chi connectivity index (χ0v) is 5.45. The number of aliphatic hydroxyl groups is 2. The van der Waals surface area contributed by atoms with Crippen LogP contribution in [0.5, 0.6) is 0 Å². The minimum Gasteiger partial charge on any atom is -0.390 e. The molecule has 3 nitrogen and oxygen atoms in total. The van der Waals surface area contributed by atoms with Crippen molar-refractivity contribution in [3.63, 3.8) is 0 Å². The zero-order chi connectivity index (χ0) is 6.85. The van der Waals surface area contributed by atoms with Gasteiger partial charge in [-0.2, -0.15) is 0 Å². The van der Waals surface area contributed by atoms with E-state index in [4.69, 9.17) is 14.9 Å². The Hall–Kier alpha value is -0.120. The lowest BCUT2D eigenvalue weighted by atomic mass is 10.0. The van der Waals surface area contributed by atoms with Crippen LogP contribution in [-0.4, -0.2) is 35.1 Å². The van der Waals surface area contributed by atoms with E-state index in [9.17, 15) is 0 Å². The summed E-state index contributed by atoms with van der Waals surface area (Å²) in [5.41, 5.74) is 0. The molecule has 0 bridgehead atoms. The van der Waals surface area contributed by atoms with Crippen molar-refractivity contribution in [1.82, 2.24) is 0 Å². The second kappa shape index (κ2) is 2.64. The Labute approximate surface area is 54.3 Å². The third-order valence-corrected chi connectivity index (χ3v) is 1.67. The molecule has 0 aromatic heterocycles. The first-order valence-corrected chi connectivity index (χ1v) is 3.19. The Morgan fingerprint density at radius 3 is 2.56 bits per heavy atom. The number of rotatable bonds is 0. The molecule has 1 aliphatic heterocycles. The standard InChI is InChI=1S/C6H12O3/c1-4-6(8)5(7)2-3-9-4/h4-8H,2-3H2,1H3/t4?,5-,6+/m1/s1. The zero-order valence-electron chi connectivity index (χ0n) is 5.45. The van der Waals surface area contributed by atoms with Gasteiger partial charge in [-0.25, -0.2) is 0 Å². The number of hydrogen-bond donors (Lipinski definition) is 2. The maximum atomic E-state index is 9.07. The highest BCUT2D eigenvalue weighted by Gasteiger charge is 2.27. The van der Waals surface area contributed by atoms with Gasteiger partial charge in [0.2, 0.25) is 0 Å². The van der Waals surface area contributed by atoms with E-state index in [-0.39, 0.29) is 6.10 Å². The normalized spacial score (nSPS) is 45.0. The molecule has 0 saturated carbocycles. The van der Waals surface area contributed by atoms with Crippen LogP contribution < -0.4 is 0 Å². The van der Waals surface area contributed by atoms with E-state index in [1.54, 1.807) is 6.92 Å². The van der Waals surface area contributed by atoms with Crippen LogP contribution in [0, 0.1) is 0 Å². The Bertz CT molecular complexity index is 84.3. The van der Waals surface area contributed by atoms with Gasteiger partial charge in [0.25, 0.3) is 0 Å². The van der Waals surface area contributed by atoms with E-state index in [0.29, 0.717) is 13.0 Å². The molecule has 0 spiro atoms. The number of aliphatic hydroxyl groups excluding tert-OH is 2. The summed E-state index contributed by atoms with van der Waals surface area (Å²) in [6.45, 7) is 2.31. The summed E-state index contributed by atoms with van der Waals surface area (Å²) >= 11 is 0. The molecule has 1 fully saturated rings. The van der Waals surface area contributed by atoms with Crippen LogP contribution in [0.3, 0.4) is 0 Å². The summed E-state index contributed by atoms with van der Waals surface area (Å²) in [6.07, 6.45) is -0.952. The Morgan fingerprint density at radius 1 is 1.44 bits per heavy atom. The quantitative estimate of drug-likeness (QED) is 0.468. The fourth-order valence-corrected chi connectivity index (χ4v) is 0.957. The van der Waals surface area contributed by atoms with Crippen LogP contribution in [0.4, 0.5) is 0 Å². The highest BCUT2D eigenvalue weighted by molar-refractivity contribution is 4.77. The van der Waals surface area contributed by atoms with Crippen molar-refractivity contribution in [3.8, 4) is 0 Å². The van der Waals surface area contributed by atoms with Crippen molar-refractivity contribution in [2.45, 2.75) is 31.7 Å². The molecule has 2 N–H and O–H groups in total. The monoisotopic (exact) mass is 132 g/mol. The maximum Gasteiger partial charge on any atom is 0.106 e. The van der Waals surface area contributed by atoms with Gasteiger partial charge >= 0.3 is 0 Å². The van der Waals surface area contributed by atoms with Crippen LogP contribution in [0.25, 0.3) is 0 Å². The Morgan fingerprint density at radius 2 is 2.11 bits per heavy atom. The van der Waals surface area contributed by atoms with Crippen LogP contribution in [-0.2, 0) is 4.74 Å². The van der Waals surface area contributed by atoms with Gasteiger partial charge in [-0.1, -0.05) is 0 Å². The van der Waals surface area contributed by atoms with E-state index in [2.05, 4.69) is 0 Å². The van der Waals surface area contributed by atoms with E-state index in [1.807, 2.05) is 0 Å². The fraction of sp³-hybridized carbons (Fsp3) is 1.00. The first kappa shape index (κ1) is 6.99. The van der Waals surface area contributed by atoms with Crippen molar-refractivity contribution in [1.29, 1.82) is 0 Å². The molecule has 1 saturated heterocycles. The SMILES string of the molecule is CC1OCC[C@@H](O)[C@H]1O. The lowest BCUT2D eigenvalue weighted by molar-refractivity contribution is -0.127. The second-order valence-corrected chi connectivity index (χ2v) is 2.42. The highest BCUT2D eigenvalue weighted by atomic mass is 16.5. The summed E-state index contributed by atoms with van der Waals surface area (Å²) in [5.74, 6) is 0. The summed E-state index contributed by atoms with van der Waals surface area (Å²) in [7, 11) is 0. The van der Waals surface area contributed by atoms with Crippen molar-refractivity contribution in [2.75, 3.05) is 6.61 Å². The molecule has 0 amide bonds. The molecule has 3 atom stereocenters. The molecule has 1 heterocycles. The van der Waals surface area contributed by atoms with Gasteiger partial charge in [0.1, 0.15) is 6.10 Å². The second-order valence-electron chi connectivity index (χ2n) is 2.42. The molecule has 0 aromatic carbocycles. The molecule has 9 heavy (non-hydrogen) atoms. The summed E-state index contributed by atoms with van der Waals surface area (Å²) in [4.78, 5) is 0. The lowest BCUT2D eigenvalue weighted by Crippen LogP contribution is -2.42. The number of hydrogen-bond acceptors (Lipinski definition) is 3. The van der Waals surface area contributed by atoms with Crippen molar-refractivity contribution >= 4 is 0 Å². The minimum absolute atomic E-state index is 0.214. The molecule has 0 radical (unpaired) electrons. The maximum absolute atomic E-state index is 9.07. The predicted octanol–water partition coefficient (Wildman–Crippen LogP) is -0.483. The van der Waals surface area contributed by atoms with E-state index < -0.39 is 12.2 Å². The van der Waals surface area contributed by atoms with Gasteiger partial charge in [0, 0.05) is 6.61 Å². The average Bonchev–Trinajstić information content (AvgIpc) is 1.83. The molecule has 0 aromatic rings. The molecule has 1 aliphatic rings. The largest absolute Gasteiger partial charge is 0.390 e. The summed E-state index contributed by atoms with van der Waals surface area (Å²) in [5, 5.41) is 18.1. The van der Waals surface area contributed by atoms with Gasteiger partial charge in [-0.05, 0) is 13.3 Å². The molecule has 1 rings (SSSR count). The molecule has 54 valence electrons. The lowest BCUT2D eigenvalue weighted by Gasteiger charge is -2.29. The first-order valence-electron chi connectivity index (χ1n) is 3.19. The molecular formula is C6H12O3. The summed E-state index contributed by atoms with van der Waals surface area (Å²) in [6, 6.07) is 0. The molecule has 3 heteroatoms. The Kier molecular flexibility index (Phi) is 2.05. The minimum atomic E-state index is -0.696. The molecule has 0 aliphatic carbocycles. The fourth-order valence-electron chi connectivity index (χ4n) is 0.957. The summed E-state index contributed by atoms with van der Waals surface area (Å²) < 4.78 is 5.05. The molecular weight excluding hydrogens is 120 g/mol. The van der Waals surface area contributed by atoms with Gasteiger partial charge in [0.05, 0.1) is 12.2 Å². The van der Waals surface area contributed by atoms with E-state index in [1.165, 1.54) is 0 Å². The first-order chi connectivity index (χ1) is 4.22. The highest BCUT2D eigenvalue weighted by Crippen LogP contribution is 2.13. The van der Waals surface area contributed by atoms with Gasteiger partial charge in [-0.15, -0.1) is 0 Å². The van der Waals surface area contributed by atoms with E-state index in [0.717, 1.165) is 0 Å². The topological polar surface area (TPSA) is 49.7 Å². The third kappa shape index (κ3) is 1.41. The van der Waals surface area contributed by atoms with Crippen molar-refractivity contribution in [3.05, 3.63) is 0 Å². The smallest absolute Gasteiger partial charge is 0.106 e. The van der Waals surface area contributed by atoms with Gasteiger partial charge < -0.3 is 14.9 Å². The predicted molar refractivity (Wildman–Crippen MR) is 32.0 cm³/mol. The van der Waals surface area contributed by atoms with Crippen molar-refractivity contribution < 1.29 is 14.9 Å². The average molecular weight is 132 g/mol.